The van der Waals surface area contributed by atoms with E-state index < -0.39 is 10.0 Å². The molecule has 7 nitrogen and oxygen atoms in total. The molecule has 0 unspecified atom stereocenters. The summed E-state index contributed by atoms with van der Waals surface area (Å²) in [6.07, 6.45) is 0. The third kappa shape index (κ3) is 2.53. The number of nitrogens with zero attached hydrogens (tertiary/aromatic N) is 2. The predicted molar refractivity (Wildman–Crippen MR) is 55.2 cm³/mol. The zero-order valence-electron chi connectivity index (χ0n) is 8.90. The van der Waals surface area contributed by atoms with E-state index in [1.807, 2.05) is 0 Å². The van der Waals surface area contributed by atoms with Crippen molar-refractivity contribution in [1.29, 1.82) is 0 Å². The van der Waals surface area contributed by atoms with Crippen molar-refractivity contribution in [3.8, 4) is 0 Å². The molecule has 0 radical (unpaired) electrons. The molecular formula is C7H15N5O2S. The first kappa shape index (κ1) is 12.1. The van der Waals surface area contributed by atoms with Gasteiger partial charge < -0.3 is 5.73 Å². The minimum atomic E-state index is -3.59. The van der Waals surface area contributed by atoms with Gasteiger partial charge >= 0.3 is 0 Å². The van der Waals surface area contributed by atoms with Crippen LogP contribution in [-0.4, -0.2) is 37.7 Å². The van der Waals surface area contributed by atoms with E-state index in [-0.39, 0.29) is 11.4 Å². The second kappa shape index (κ2) is 4.27. The summed E-state index contributed by atoms with van der Waals surface area (Å²) in [4.78, 5) is 2.45. The molecule has 0 amide bonds. The fourth-order valence-electron chi connectivity index (χ4n) is 1.25. The molecule has 0 aliphatic rings. The lowest BCUT2D eigenvalue weighted by atomic mass is 10.4. The van der Waals surface area contributed by atoms with Gasteiger partial charge in [0.25, 0.3) is 10.0 Å². The van der Waals surface area contributed by atoms with Gasteiger partial charge in [-0.25, -0.2) is 13.4 Å². The number of hydrazine groups is 1. The predicted octanol–water partition coefficient (Wildman–Crippen LogP) is -1.07. The molecule has 0 aliphatic heterocycles. The highest BCUT2D eigenvalue weighted by atomic mass is 32.2. The van der Waals surface area contributed by atoms with Gasteiger partial charge in [0, 0.05) is 20.6 Å². The van der Waals surface area contributed by atoms with Gasteiger partial charge in [0.05, 0.1) is 11.4 Å². The molecule has 8 heteroatoms. The summed E-state index contributed by atoms with van der Waals surface area (Å²) in [6, 6.07) is 0. The molecule has 1 aromatic rings. The highest BCUT2D eigenvalue weighted by Gasteiger charge is 2.23. The Hall–Kier alpha value is -0.960. The zero-order chi connectivity index (χ0) is 11.6. The summed E-state index contributed by atoms with van der Waals surface area (Å²) in [6.45, 7) is 1.71. The Morgan fingerprint density at radius 2 is 2.13 bits per heavy atom. The van der Waals surface area contributed by atoms with E-state index in [1.54, 1.807) is 21.0 Å². The minimum Gasteiger partial charge on any atom is -0.325 e. The summed E-state index contributed by atoms with van der Waals surface area (Å²) in [7, 11) is -0.403. The largest absolute Gasteiger partial charge is 0.325 e. The smallest absolute Gasteiger partial charge is 0.257 e. The topological polar surface area (TPSA) is 104 Å². The second-order valence-electron chi connectivity index (χ2n) is 3.32. The fourth-order valence-corrected chi connectivity index (χ4v) is 2.71. The molecule has 0 aromatic carbocycles. The van der Waals surface area contributed by atoms with Crippen LogP contribution in [0.3, 0.4) is 0 Å². The van der Waals surface area contributed by atoms with Gasteiger partial charge in [-0.15, -0.1) is 4.83 Å². The van der Waals surface area contributed by atoms with Crippen molar-refractivity contribution in [2.24, 2.45) is 5.73 Å². The van der Waals surface area contributed by atoms with E-state index in [2.05, 4.69) is 15.0 Å². The van der Waals surface area contributed by atoms with Crippen molar-refractivity contribution in [3.63, 3.8) is 0 Å². The molecule has 1 rings (SSSR count). The quantitative estimate of drug-likeness (QED) is 0.575. The van der Waals surface area contributed by atoms with Crippen LogP contribution in [-0.2, 0) is 16.6 Å². The molecule has 1 heterocycles. The van der Waals surface area contributed by atoms with E-state index in [0.29, 0.717) is 11.4 Å². The molecule has 86 valence electrons. The maximum atomic E-state index is 11.8. The van der Waals surface area contributed by atoms with E-state index in [1.165, 1.54) is 5.01 Å². The van der Waals surface area contributed by atoms with Crippen LogP contribution < -0.4 is 10.6 Å². The second-order valence-corrected chi connectivity index (χ2v) is 4.92. The number of sulfonamides is 1. The van der Waals surface area contributed by atoms with Crippen LogP contribution in [0.5, 0.6) is 0 Å². The Bertz CT molecular complexity index is 436. The molecule has 0 fully saturated rings. The molecule has 15 heavy (non-hydrogen) atoms. The zero-order valence-corrected chi connectivity index (χ0v) is 9.72. The Labute approximate surface area is 88.7 Å². The van der Waals surface area contributed by atoms with Crippen LogP contribution in [0.2, 0.25) is 0 Å². The summed E-state index contributed by atoms with van der Waals surface area (Å²) in [5.41, 5.74) is 6.21. The van der Waals surface area contributed by atoms with E-state index >= 15 is 0 Å². The van der Waals surface area contributed by atoms with Crippen LogP contribution in [0.25, 0.3) is 0 Å². The van der Waals surface area contributed by atoms with Crippen LogP contribution in [0, 0.1) is 6.92 Å². The lowest BCUT2D eigenvalue weighted by Gasteiger charge is -2.12. The third-order valence-electron chi connectivity index (χ3n) is 1.73. The minimum absolute atomic E-state index is 0.0774. The monoisotopic (exact) mass is 233 g/mol. The van der Waals surface area contributed by atoms with E-state index in [9.17, 15) is 8.42 Å². The molecule has 0 bridgehead atoms. The molecule has 1 aromatic heterocycles. The Balaban J connectivity index is 3.20. The van der Waals surface area contributed by atoms with Crippen LogP contribution in [0.15, 0.2) is 4.90 Å². The Kier molecular flexibility index (Phi) is 3.45. The summed E-state index contributed by atoms with van der Waals surface area (Å²) in [5.74, 6) is 0. The number of aryl methyl sites for hydroxylation is 1. The highest BCUT2D eigenvalue weighted by Crippen LogP contribution is 2.16. The van der Waals surface area contributed by atoms with Gasteiger partial charge in [-0.2, -0.15) is 5.10 Å². The lowest BCUT2D eigenvalue weighted by molar-refractivity contribution is 0.363. The molecule has 4 N–H and O–H groups in total. The first-order chi connectivity index (χ1) is 6.88. The summed E-state index contributed by atoms with van der Waals surface area (Å²) < 4.78 is 23.7. The number of H-pyrrole nitrogens is 1. The molecule has 0 saturated carbocycles. The molecule has 0 saturated heterocycles. The average molecular weight is 233 g/mol. The molecule has 0 atom stereocenters. The Morgan fingerprint density at radius 3 is 2.60 bits per heavy atom. The van der Waals surface area contributed by atoms with Gasteiger partial charge in [0.1, 0.15) is 4.90 Å². The number of hydrogen-bond acceptors (Lipinski definition) is 5. The number of hydrogen-bond donors (Lipinski definition) is 3. The van der Waals surface area contributed by atoms with Gasteiger partial charge in [0.15, 0.2) is 0 Å². The number of aromatic amines is 1. The normalized spacial score (nSPS) is 12.3. The lowest BCUT2D eigenvalue weighted by Crippen LogP contribution is -2.36. The number of nitrogens with two attached hydrogens (primary N) is 1. The number of rotatable bonds is 4. The summed E-state index contributed by atoms with van der Waals surface area (Å²) in [5, 5.41) is 7.77. The van der Waals surface area contributed by atoms with Crippen LogP contribution in [0.4, 0.5) is 0 Å². The van der Waals surface area contributed by atoms with Crippen molar-refractivity contribution in [3.05, 3.63) is 11.4 Å². The van der Waals surface area contributed by atoms with Crippen LogP contribution >= 0.6 is 0 Å². The average Bonchev–Trinajstić information content (AvgIpc) is 2.44. The molecular weight excluding hydrogens is 218 g/mol. The molecule has 0 spiro atoms. The Morgan fingerprint density at radius 1 is 1.53 bits per heavy atom. The van der Waals surface area contributed by atoms with E-state index in [0.717, 1.165) is 0 Å². The van der Waals surface area contributed by atoms with E-state index in [4.69, 9.17) is 5.73 Å². The third-order valence-corrected chi connectivity index (χ3v) is 3.41. The van der Waals surface area contributed by atoms with Crippen molar-refractivity contribution in [2.75, 3.05) is 14.1 Å². The number of nitrogens with one attached hydrogen (secondary N) is 2. The maximum Gasteiger partial charge on any atom is 0.257 e. The first-order valence-corrected chi connectivity index (χ1v) is 5.80. The standard InChI is InChI=1S/C7H15N5O2S/c1-5-7(6(4-8)10-9-5)15(13,14)11-12(2)3/h11H,4,8H2,1-3H3,(H,9,10). The van der Waals surface area contributed by atoms with Crippen molar-refractivity contribution >= 4 is 10.0 Å². The molecule has 0 aliphatic carbocycles. The summed E-state index contributed by atoms with van der Waals surface area (Å²) >= 11 is 0. The SMILES string of the molecule is Cc1[nH]nc(CN)c1S(=O)(=O)NN(C)C. The maximum absolute atomic E-state index is 11.8. The fraction of sp³-hybridized carbons (Fsp3) is 0.571. The van der Waals surface area contributed by atoms with Crippen molar-refractivity contribution < 1.29 is 8.42 Å². The van der Waals surface area contributed by atoms with Gasteiger partial charge in [-0.05, 0) is 6.92 Å². The van der Waals surface area contributed by atoms with Gasteiger partial charge in [0.2, 0.25) is 0 Å². The van der Waals surface area contributed by atoms with Crippen LogP contribution in [0.1, 0.15) is 11.4 Å². The van der Waals surface area contributed by atoms with Crippen molar-refractivity contribution in [1.82, 2.24) is 20.0 Å². The van der Waals surface area contributed by atoms with Gasteiger partial charge in [-0.1, -0.05) is 0 Å². The highest BCUT2D eigenvalue weighted by molar-refractivity contribution is 7.89. The van der Waals surface area contributed by atoms with Crippen molar-refractivity contribution in [2.45, 2.75) is 18.4 Å². The van der Waals surface area contributed by atoms with Gasteiger partial charge in [-0.3, -0.25) is 5.10 Å². The number of aromatic nitrogens is 2. The first-order valence-electron chi connectivity index (χ1n) is 4.32.